The van der Waals surface area contributed by atoms with Crippen LogP contribution in [0.3, 0.4) is 0 Å². The van der Waals surface area contributed by atoms with Gasteiger partial charge in [0, 0.05) is 0 Å². The highest BCUT2D eigenvalue weighted by molar-refractivity contribution is 5.92. The van der Waals surface area contributed by atoms with Gasteiger partial charge < -0.3 is 0 Å². The van der Waals surface area contributed by atoms with E-state index in [1.54, 1.807) is 6.92 Å². The predicted octanol–water partition coefficient (Wildman–Crippen LogP) is 4.07. The van der Waals surface area contributed by atoms with E-state index in [0.29, 0.717) is 5.92 Å². The van der Waals surface area contributed by atoms with Crippen LogP contribution in [0.2, 0.25) is 0 Å². The molecular formula is C14H22O. The van der Waals surface area contributed by atoms with E-state index in [4.69, 9.17) is 0 Å². The van der Waals surface area contributed by atoms with Gasteiger partial charge in [0.15, 0.2) is 5.78 Å². The lowest BCUT2D eigenvalue weighted by atomic mass is 9.96. The Balaban J connectivity index is 4.40. The second-order valence-electron chi connectivity index (χ2n) is 4.37. The van der Waals surface area contributed by atoms with Crippen molar-refractivity contribution in [2.24, 2.45) is 5.92 Å². The number of rotatable bonds is 5. The van der Waals surface area contributed by atoms with Crippen LogP contribution in [0.4, 0.5) is 0 Å². The van der Waals surface area contributed by atoms with Gasteiger partial charge in [0.2, 0.25) is 0 Å². The molecule has 1 atom stereocenters. The molecule has 0 spiro atoms. The van der Waals surface area contributed by atoms with Crippen LogP contribution in [0.25, 0.3) is 0 Å². The molecule has 0 fully saturated rings. The van der Waals surface area contributed by atoms with E-state index in [1.807, 2.05) is 19.1 Å². The van der Waals surface area contributed by atoms with Crippen LogP contribution in [0.15, 0.2) is 35.5 Å². The zero-order valence-electron chi connectivity index (χ0n) is 10.6. The van der Waals surface area contributed by atoms with Crippen molar-refractivity contribution in [1.82, 2.24) is 0 Å². The molecule has 1 unspecified atom stereocenters. The maximum absolute atomic E-state index is 11.0. The van der Waals surface area contributed by atoms with E-state index in [-0.39, 0.29) is 5.78 Å². The lowest BCUT2D eigenvalue weighted by molar-refractivity contribution is -0.113. The normalized spacial score (nSPS) is 15.0. The molecule has 0 aliphatic heterocycles. The SMILES string of the molecule is C=C(C)C(C)CC(C)=CC=C(C)C(C)=O. The molecule has 15 heavy (non-hydrogen) atoms. The Morgan fingerprint density at radius 1 is 1.20 bits per heavy atom. The van der Waals surface area contributed by atoms with Crippen LogP contribution in [-0.4, -0.2) is 5.78 Å². The molecule has 0 aliphatic rings. The van der Waals surface area contributed by atoms with Gasteiger partial charge in [0.1, 0.15) is 0 Å². The van der Waals surface area contributed by atoms with Crippen molar-refractivity contribution in [2.45, 2.75) is 41.0 Å². The largest absolute Gasteiger partial charge is 0.295 e. The fourth-order valence-corrected chi connectivity index (χ4v) is 1.11. The second kappa shape index (κ2) is 6.39. The minimum atomic E-state index is 0.131. The van der Waals surface area contributed by atoms with Crippen molar-refractivity contribution < 1.29 is 4.79 Å². The van der Waals surface area contributed by atoms with Gasteiger partial charge in [-0.3, -0.25) is 4.79 Å². The molecular weight excluding hydrogens is 184 g/mol. The van der Waals surface area contributed by atoms with Crippen molar-refractivity contribution in [2.75, 3.05) is 0 Å². The highest BCUT2D eigenvalue weighted by atomic mass is 16.1. The van der Waals surface area contributed by atoms with Gasteiger partial charge in [-0.2, -0.15) is 0 Å². The fourth-order valence-electron chi connectivity index (χ4n) is 1.11. The Hall–Kier alpha value is -1.11. The number of carbonyl (C=O) groups excluding carboxylic acids is 1. The van der Waals surface area contributed by atoms with Crippen LogP contribution in [0.1, 0.15) is 41.0 Å². The minimum Gasteiger partial charge on any atom is -0.295 e. The summed E-state index contributed by atoms with van der Waals surface area (Å²) in [5, 5.41) is 0. The Morgan fingerprint density at radius 3 is 2.13 bits per heavy atom. The van der Waals surface area contributed by atoms with Crippen molar-refractivity contribution >= 4 is 5.78 Å². The van der Waals surface area contributed by atoms with E-state index >= 15 is 0 Å². The molecule has 0 aromatic rings. The summed E-state index contributed by atoms with van der Waals surface area (Å²) >= 11 is 0. The van der Waals surface area contributed by atoms with E-state index in [9.17, 15) is 4.79 Å². The third-order valence-electron chi connectivity index (χ3n) is 2.64. The first-order chi connectivity index (χ1) is 6.84. The highest BCUT2D eigenvalue weighted by Gasteiger charge is 2.02. The van der Waals surface area contributed by atoms with Crippen molar-refractivity contribution in [1.29, 1.82) is 0 Å². The minimum absolute atomic E-state index is 0.131. The van der Waals surface area contributed by atoms with Crippen LogP contribution in [0, 0.1) is 5.92 Å². The summed E-state index contributed by atoms with van der Waals surface area (Å²) in [7, 11) is 0. The third-order valence-corrected chi connectivity index (χ3v) is 2.64. The van der Waals surface area contributed by atoms with Gasteiger partial charge >= 0.3 is 0 Å². The number of hydrogen-bond donors (Lipinski definition) is 0. The van der Waals surface area contributed by atoms with Gasteiger partial charge in [-0.25, -0.2) is 0 Å². The highest BCUT2D eigenvalue weighted by Crippen LogP contribution is 2.17. The molecule has 0 saturated carbocycles. The van der Waals surface area contributed by atoms with Crippen LogP contribution >= 0.6 is 0 Å². The van der Waals surface area contributed by atoms with Gasteiger partial charge in [-0.1, -0.05) is 36.8 Å². The molecule has 0 saturated heterocycles. The number of Topliss-reactive ketones (excluding diaryl/α,β-unsaturated/α-hetero) is 1. The molecule has 0 heterocycles. The number of carbonyl (C=O) groups is 1. The van der Waals surface area contributed by atoms with Crippen LogP contribution in [0.5, 0.6) is 0 Å². The third kappa shape index (κ3) is 6.05. The van der Waals surface area contributed by atoms with E-state index in [2.05, 4.69) is 27.4 Å². The first-order valence-corrected chi connectivity index (χ1v) is 5.35. The first-order valence-electron chi connectivity index (χ1n) is 5.35. The molecule has 84 valence electrons. The monoisotopic (exact) mass is 206 g/mol. The van der Waals surface area contributed by atoms with E-state index < -0.39 is 0 Å². The molecule has 0 N–H and O–H groups in total. The van der Waals surface area contributed by atoms with Crippen LogP contribution in [-0.2, 0) is 4.79 Å². The molecule has 1 heteroatoms. The van der Waals surface area contributed by atoms with E-state index in [0.717, 1.165) is 12.0 Å². The molecule has 0 aromatic carbocycles. The molecule has 0 radical (unpaired) electrons. The Labute approximate surface area is 93.6 Å². The Kier molecular flexibility index (Phi) is 5.92. The second-order valence-corrected chi connectivity index (χ2v) is 4.37. The zero-order chi connectivity index (χ0) is 12.0. The Morgan fingerprint density at radius 2 is 1.73 bits per heavy atom. The lowest BCUT2D eigenvalue weighted by Crippen LogP contribution is -1.96. The average Bonchev–Trinajstić information content (AvgIpc) is 2.13. The van der Waals surface area contributed by atoms with Gasteiger partial charge in [-0.05, 0) is 45.6 Å². The fraction of sp³-hybridized carbons (Fsp3) is 0.500. The summed E-state index contributed by atoms with van der Waals surface area (Å²) in [6, 6.07) is 0. The zero-order valence-corrected chi connectivity index (χ0v) is 10.6. The van der Waals surface area contributed by atoms with Crippen molar-refractivity contribution in [3.05, 3.63) is 35.5 Å². The van der Waals surface area contributed by atoms with Gasteiger partial charge in [0.05, 0.1) is 0 Å². The Bertz CT molecular complexity index is 305. The molecule has 0 aliphatic carbocycles. The summed E-state index contributed by atoms with van der Waals surface area (Å²) in [6.07, 6.45) is 4.93. The molecule has 0 amide bonds. The molecule has 0 rings (SSSR count). The summed E-state index contributed by atoms with van der Waals surface area (Å²) < 4.78 is 0. The van der Waals surface area contributed by atoms with Gasteiger partial charge in [-0.15, -0.1) is 0 Å². The maximum atomic E-state index is 11.0. The van der Waals surface area contributed by atoms with Crippen molar-refractivity contribution in [3.8, 4) is 0 Å². The summed E-state index contributed by atoms with van der Waals surface area (Å²) in [6.45, 7) is 13.7. The van der Waals surface area contributed by atoms with Gasteiger partial charge in [0.25, 0.3) is 0 Å². The molecule has 1 nitrogen and oxygen atoms in total. The van der Waals surface area contributed by atoms with Crippen molar-refractivity contribution in [3.63, 3.8) is 0 Å². The van der Waals surface area contributed by atoms with Crippen LogP contribution < -0.4 is 0 Å². The number of hydrogen-bond acceptors (Lipinski definition) is 1. The predicted molar refractivity (Wildman–Crippen MR) is 66.8 cm³/mol. The molecule has 0 bridgehead atoms. The lowest BCUT2D eigenvalue weighted by Gasteiger charge is -2.10. The standard InChI is InChI=1S/C14H22O/c1-10(2)13(5)9-11(3)7-8-12(4)14(6)15/h7-8,13H,1,9H2,2-6H3. The summed E-state index contributed by atoms with van der Waals surface area (Å²) in [5.74, 6) is 0.638. The quantitative estimate of drug-likeness (QED) is 0.376. The van der Waals surface area contributed by atoms with E-state index in [1.165, 1.54) is 11.1 Å². The smallest absolute Gasteiger partial charge is 0.155 e. The number of ketones is 1. The number of allylic oxidation sites excluding steroid dienone is 5. The first kappa shape index (κ1) is 13.9. The summed E-state index contributed by atoms with van der Waals surface area (Å²) in [4.78, 5) is 11.0. The maximum Gasteiger partial charge on any atom is 0.155 e. The summed E-state index contributed by atoms with van der Waals surface area (Å²) in [5.41, 5.74) is 3.29. The average molecular weight is 206 g/mol. The molecule has 0 aromatic heterocycles. The topological polar surface area (TPSA) is 17.1 Å².